The summed E-state index contributed by atoms with van der Waals surface area (Å²) in [4.78, 5) is 2.45. The van der Waals surface area contributed by atoms with E-state index in [0.717, 1.165) is 22.7 Å². The second-order valence-corrected chi connectivity index (χ2v) is 18.1. The largest absolute Gasteiger partial charge is 0.309 e. The van der Waals surface area contributed by atoms with Crippen molar-refractivity contribution in [1.82, 2.24) is 8.97 Å². The molecule has 1 aliphatic rings. The summed E-state index contributed by atoms with van der Waals surface area (Å²) in [5.41, 5.74) is 18.4. The monoisotopic (exact) mass is 815 g/mol. The Morgan fingerprint density at radius 1 is 0.391 bits per heavy atom. The molecule has 3 nitrogen and oxygen atoms in total. The summed E-state index contributed by atoms with van der Waals surface area (Å²) in [6.45, 7) is 4.69. The first-order chi connectivity index (χ1) is 31.5. The lowest BCUT2D eigenvalue weighted by Gasteiger charge is -2.26. The van der Waals surface area contributed by atoms with E-state index >= 15 is 0 Å². The summed E-state index contributed by atoms with van der Waals surface area (Å²) < 4.78 is 5.05. The maximum absolute atomic E-state index is 2.58. The average Bonchev–Trinajstić information content (AvgIpc) is 3.92. The summed E-state index contributed by atoms with van der Waals surface area (Å²) in [6.07, 6.45) is 0. The molecule has 3 aromatic heterocycles. The molecule has 1 aliphatic carbocycles. The van der Waals surface area contributed by atoms with E-state index in [0.29, 0.717) is 0 Å². The van der Waals surface area contributed by atoms with Crippen molar-refractivity contribution < 1.29 is 0 Å². The van der Waals surface area contributed by atoms with E-state index in [1.54, 1.807) is 0 Å². The topological polar surface area (TPSA) is 12.6 Å². The zero-order chi connectivity index (χ0) is 42.3. The zero-order valence-electron chi connectivity index (χ0n) is 35.5. The van der Waals surface area contributed by atoms with Gasteiger partial charge >= 0.3 is 0 Å². The number of anilines is 3. The van der Waals surface area contributed by atoms with E-state index in [4.69, 9.17) is 0 Å². The molecule has 0 spiro atoms. The highest BCUT2D eigenvalue weighted by atomic mass is 15.2. The van der Waals surface area contributed by atoms with Gasteiger partial charge in [0.25, 0.3) is 0 Å². The highest BCUT2D eigenvalue weighted by Gasteiger charge is 2.35. The number of hydrogen-bond donors (Lipinski definition) is 0. The van der Waals surface area contributed by atoms with Crippen molar-refractivity contribution >= 4 is 87.7 Å². The maximum atomic E-state index is 2.58. The number of aromatic nitrogens is 2. The molecule has 0 bridgehead atoms. The molecule has 0 aliphatic heterocycles. The van der Waals surface area contributed by atoms with Gasteiger partial charge in [-0.2, -0.15) is 0 Å². The lowest BCUT2D eigenvalue weighted by molar-refractivity contribution is 0.660. The third-order valence-corrected chi connectivity index (χ3v) is 14.4. The van der Waals surface area contributed by atoms with Crippen LogP contribution in [-0.2, 0) is 5.41 Å². The van der Waals surface area contributed by atoms with Crippen LogP contribution in [0.25, 0.3) is 98.6 Å². The number of fused-ring (bicyclic) bond motifs is 9. The Bertz CT molecular complexity index is 4040. The Morgan fingerprint density at radius 3 is 1.84 bits per heavy atom. The molecule has 13 aromatic rings. The fraction of sp³-hybridized carbons (Fsp3) is 0.0492. The quantitative estimate of drug-likeness (QED) is 0.169. The Hall–Kier alpha value is -8.14. The Balaban J connectivity index is 1.02. The van der Waals surface area contributed by atoms with E-state index < -0.39 is 0 Å². The molecular formula is C61H41N3. The van der Waals surface area contributed by atoms with Crippen LogP contribution in [0.1, 0.15) is 25.0 Å². The van der Waals surface area contributed by atoms with Gasteiger partial charge in [0.1, 0.15) is 0 Å². The Morgan fingerprint density at radius 2 is 1.00 bits per heavy atom. The van der Waals surface area contributed by atoms with Gasteiger partial charge < -0.3 is 13.9 Å². The van der Waals surface area contributed by atoms with Crippen LogP contribution in [0, 0.1) is 0 Å². The van der Waals surface area contributed by atoms with Crippen LogP contribution in [0.15, 0.2) is 212 Å². The predicted molar refractivity (Wildman–Crippen MR) is 271 cm³/mol. The van der Waals surface area contributed by atoms with Crippen molar-refractivity contribution in [1.29, 1.82) is 0 Å². The van der Waals surface area contributed by atoms with Crippen molar-refractivity contribution in [2.24, 2.45) is 0 Å². The van der Waals surface area contributed by atoms with Crippen LogP contribution >= 0.6 is 0 Å². The molecule has 0 unspecified atom stereocenters. The van der Waals surface area contributed by atoms with E-state index in [1.807, 2.05) is 0 Å². The van der Waals surface area contributed by atoms with Crippen LogP contribution in [0.2, 0.25) is 0 Å². The molecule has 64 heavy (non-hydrogen) atoms. The minimum absolute atomic E-state index is 0.0181. The molecule has 0 fully saturated rings. The maximum Gasteiger partial charge on any atom is 0.0782 e. The van der Waals surface area contributed by atoms with Gasteiger partial charge in [0.05, 0.1) is 33.3 Å². The minimum atomic E-state index is -0.0181. The normalized spacial score (nSPS) is 13.3. The third-order valence-electron chi connectivity index (χ3n) is 14.4. The number of benzene rings is 10. The summed E-state index contributed by atoms with van der Waals surface area (Å²) in [6, 6.07) is 78.9. The smallest absolute Gasteiger partial charge is 0.0782 e. The summed E-state index contributed by atoms with van der Waals surface area (Å²) in [5.74, 6) is 0. The Kier molecular flexibility index (Phi) is 7.17. The van der Waals surface area contributed by atoms with Crippen LogP contribution in [-0.4, -0.2) is 8.97 Å². The summed E-state index contributed by atoms with van der Waals surface area (Å²) in [7, 11) is 0. The van der Waals surface area contributed by atoms with E-state index in [-0.39, 0.29) is 5.41 Å². The Labute approximate surface area is 370 Å². The highest BCUT2D eigenvalue weighted by Crippen LogP contribution is 2.51. The van der Waals surface area contributed by atoms with Gasteiger partial charge in [-0.05, 0) is 116 Å². The zero-order valence-corrected chi connectivity index (χ0v) is 35.5. The van der Waals surface area contributed by atoms with Crippen LogP contribution in [0.3, 0.4) is 0 Å². The van der Waals surface area contributed by atoms with Gasteiger partial charge in [0.15, 0.2) is 0 Å². The SMILES string of the molecule is CC1(C)c2ccccc2-c2cc(-c3ccc(N(c4ccccc4)c4cccc5c6cccc7c8cccc9c8c8c(cccc8n(c45)c76)n9-c4ccc5ccccc5c4)cc3)ccc21. The molecule has 0 saturated heterocycles. The standard InChI is InChI=1S/C61H41N3/c1-61(2)51-23-9-8-18-45(51)50-37-41(31-35-52(50)61)39-28-32-43(33-29-39)62(42-16-4-3-5-17-42)56-27-12-22-49-48-21-10-20-47-46-19-11-24-53-57(46)58-54(25-13-26-55(58)64(59(47)48)60(49)56)63(53)44-34-30-38-14-6-7-15-40(38)36-44/h3-37H,1-2H3. The van der Waals surface area contributed by atoms with Crippen LogP contribution in [0.5, 0.6) is 0 Å². The van der Waals surface area contributed by atoms with Crippen molar-refractivity contribution in [2.45, 2.75) is 19.3 Å². The second-order valence-electron chi connectivity index (χ2n) is 18.1. The molecule has 0 saturated carbocycles. The van der Waals surface area contributed by atoms with E-state index in [1.165, 1.54) is 104 Å². The molecule has 3 heteroatoms. The number of rotatable bonds is 5. The molecule has 10 aromatic carbocycles. The number of para-hydroxylation sites is 3. The van der Waals surface area contributed by atoms with E-state index in [9.17, 15) is 0 Å². The first kappa shape index (κ1) is 35.5. The van der Waals surface area contributed by atoms with Gasteiger partial charge in [0.2, 0.25) is 0 Å². The summed E-state index contributed by atoms with van der Waals surface area (Å²) >= 11 is 0. The lowest BCUT2D eigenvalue weighted by Crippen LogP contribution is -2.14. The molecular weight excluding hydrogens is 775 g/mol. The van der Waals surface area contributed by atoms with Crippen molar-refractivity contribution in [3.05, 3.63) is 223 Å². The molecule has 14 rings (SSSR count). The fourth-order valence-electron chi connectivity index (χ4n) is 11.5. The molecule has 0 atom stereocenters. The van der Waals surface area contributed by atoms with Gasteiger partial charge in [-0.1, -0.05) is 159 Å². The third kappa shape index (κ3) is 4.76. The molecule has 300 valence electrons. The molecule has 0 amide bonds. The second kappa shape index (κ2) is 12.9. The van der Waals surface area contributed by atoms with Gasteiger partial charge in [0, 0.05) is 49.4 Å². The predicted octanol–water partition coefficient (Wildman–Crippen LogP) is 16.5. The molecule has 0 radical (unpaired) electrons. The lowest BCUT2D eigenvalue weighted by atomic mass is 9.82. The molecule has 0 N–H and O–H groups in total. The first-order valence-corrected chi connectivity index (χ1v) is 22.4. The van der Waals surface area contributed by atoms with Gasteiger partial charge in [-0.3, -0.25) is 0 Å². The van der Waals surface area contributed by atoms with Gasteiger partial charge in [-0.25, -0.2) is 0 Å². The number of hydrogen-bond acceptors (Lipinski definition) is 1. The fourth-order valence-corrected chi connectivity index (χ4v) is 11.5. The van der Waals surface area contributed by atoms with Crippen molar-refractivity contribution in [3.8, 4) is 27.9 Å². The summed E-state index contributed by atoms with van der Waals surface area (Å²) in [5, 5.41) is 10.0. The average molecular weight is 816 g/mol. The van der Waals surface area contributed by atoms with Gasteiger partial charge in [-0.15, -0.1) is 0 Å². The van der Waals surface area contributed by atoms with E-state index in [2.05, 4.69) is 240 Å². The van der Waals surface area contributed by atoms with Crippen LogP contribution in [0.4, 0.5) is 17.1 Å². The minimum Gasteiger partial charge on any atom is -0.309 e. The van der Waals surface area contributed by atoms with Crippen molar-refractivity contribution in [2.75, 3.05) is 4.90 Å². The van der Waals surface area contributed by atoms with Crippen LogP contribution < -0.4 is 4.90 Å². The number of nitrogens with zero attached hydrogens (tertiary/aromatic N) is 3. The first-order valence-electron chi connectivity index (χ1n) is 22.4. The van der Waals surface area contributed by atoms with Crippen molar-refractivity contribution in [3.63, 3.8) is 0 Å². The molecule has 3 heterocycles. The highest BCUT2D eigenvalue weighted by molar-refractivity contribution is 6.32.